The molecule has 0 fully saturated rings. The number of aryl methyl sites for hydroxylation is 1. The molecule has 0 spiro atoms. The van der Waals surface area contributed by atoms with E-state index in [1.54, 1.807) is 18.2 Å². The molecule has 0 aliphatic heterocycles. The second-order valence-corrected chi connectivity index (χ2v) is 4.38. The van der Waals surface area contributed by atoms with Gasteiger partial charge in [0, 0.05) is 11.8 Å². The van der Waals surface area contributed by atoms with Gasteiger partial charge in [-0.3, -0.25) is 14.9 Å². The number of nitro groups is 1. The molecule has 0 aliphatic carbocycles. The summed E-state index contributed by atoms with van der Waals surface area (Å²) < 4.78 is 5.22. The predicted molar refractivity (Wildman–Crippen MR) is 78.4 cm³/mol. The van der Waals surface area contributed by atoms with Crippen LogP contribution >= 0.6 is 0 Å². The molecule has 0 atom stereocenters. The average molecular weight is 286 g/mol. The molecule has 0 aliphatic rings. The van der Waals surface area contributed by atoms with Crippen LogP contribution in [0.2, 0.25) is 0 Å². The van der Waals surface area contributed by atoms with E-state index in [0.29, 0.717) is 5.69 Å². The normalized spacial score (nSPS) is 9.95. The van der Waals surface area contributed by atoms with Gasteiger partial charge in [-0.1, -0.05) is 30.3 Å². The van der Waals surface area contributed by atoms with Gasteiger partial charge in [-0.2, -0.15) is 0 Å². The molecule has 0 radical (unpaired) electrons. The number of benzene rings is 2. The molecule has 2 aromatic rings. The summed E-state index contributed by atoms with van der Waals surface area (Å²) in [5.74, 6) is -0.301. The van der Waals surface area contributed by atoms with Crippen LogP contribution in [-0.4, -0.2) is 17.4 Å². The Morgan fingerprint density at radius 3 is 2.57 bits per heavy atom. The van der Waals surface area contributed by atoms with Gasteiger partial charge in [0.25, 0.3) is 5.91 Å². The third-order valence-corrected chi connectivity index (χ3v) is 2.84. The van der Waals surface area contributed by atoms with E-state index >= 15 is 0 Å². The first-order chi connectivity index (χ1) is 10.1. The molecular formula is C15H14N2O4. The second kappa shape index (κ2) is 6.51. The Morgan fingerprint density at radius 2 is 1.86 bits per heavy atom. The number of carbonyl (C=O) groups excluding carboxylic acids is 1. The van der Waals surface area contributed by atoms with Gasteiger partial charge in [-0.05, 0) is 24.6 Å². The standard InChI is InChI=1S/C15H14N2O4/c1-11-6-2-3-7-12(11)16-15(18)10-21-14-9-5-4-8-13(14)17(19)20/h2-9H,10H2,1H3,(H,16,18). The molecular weight excluding hydrogens is 272 g/mol. The number of nitrogens with one attached hydrogen (secondary N) is 1. The highest BCUT2D eigenvalue weighted by Gasteiger charge is 2.15. The molecule has 0 aromatic heterocycles. The number of hydrogen-bond donors (Lipinski definition) is 1. The van der Waals surface area contributed by atoms with E-state index < -0.39 is 4.92 Å². The zero-order chi connectivity index (χ0) is 15.2. The lowest BCUT2D eigenvalue weighted by molar-refractivity contribution is -0.385. The van der Waals surface area contributed by atoms with E-state index in [1.165, 1.54) is 12.1 Å². The first kappa shape index (κ1) is 14.5. The van der Waals surface area contributed by atoms with Crippen LogP contribution in [0.5, 0.6) is 5.75 Å². The first-order valence-electron chi connectivity index (χ1n) is 6.29. The number of carbonyl (C=O) groups is 1. The van der Waals surface area contributed by atoms with Gasteiger partial charge in [0.2, 0.25) is 0 Å². The minimum absolute atomic E-state index is 0.0717. The summed E-state index contributed by atoms with van der Waals surface area (Å²) in [7, 11) is 0. The van der Waals surface area contributed by atoms with Gasteiger partial charge in [-0.15, -0.1) is 0 Å². The van der Waals surface area contributed by atoms with Crippen LogP contribution in [0.15, 0.2) is 48.5 Å². The molecule has 0 saturated heterocycles. The van der Waals surface area contributed by atoms with Crippen molar-refractivity contribution >= 4 is 17.3 Å². The minimum atomic E-state index is -0.547. The highest BCUT2D eigenvalue weighted by molar-refractivity contribution is 5.92. The number of para-hydroxylation sites is 3. The van der Waals surface area contributed by atoms with Crippen molar-refractivity contribution in [1.82, 2.24) is 0 Å². The average Bonchev–Trinajstić information content (AvgIpc) is 2.48. The van der Waals surface area contributed by atoms with E-state index in [2.05, 4.69) is 5.32 Å². The van der Waals surface area contributed by atoms with Crippen LogP contribution in [-0.2, 0) is 4.79 Å². The number of ether oxygens (including phenoxy) is 1. The highest BCUT2D eigenvalue weighted by Crippen LogP contribution is 2.25. The van der Waals surface area contributed by atoms with Gasteiger partial charge >= 0.3 is 5.69 Å². The number of anilines is 1. The van der Waals surface area contributed by atoms with Crippen molar-refractivity contribution in [3.8, 4) is 5.75 Å². The van der Waals surface area contributed by atoms with Crippen LogP contribution in [0, 0.1) is 17.0 Å². The molecule has 1 N–H and O–H groups in total. The number of rotatable bonds is 5. The maximum atomic E-state index is 11.8. The van der Waals surface area contributed by atoms with Gasteiger partial charge in [0.15, 0.2) is 12.4 Å². The van der Waals surface area contributed by atoms with Crippen LogP contribution in [0.3, 0.4) is 0 Å². The maximum Gasteiger partial charge on any atom is 0.310 e. The Bertz CT molecular complexity index is 670. The minimum Gasteiger partial charge on any atom is -0.477 e. The quantitative estimate of drug-likeness (QED) is 0.676. The Labute approximate surface area is 121 Å². The SMILES string of the molecule is Cc1ccccc1NC(=O)COc1ccccc1[N+](=O)[O-]. The molecule has 2 rings (SSSR count). The Kier molecular flexibility index (Phi) is 4.50. The van der Waals surface area contributed by atoms with Crippen LogP contribution in [0.1, 0.15) is 5.56 Å². The van der Waals surface area contributed by atoms with Crippen LogP contribution in [0.4, 0.5) is 11.4 Å². The smallest absolute Gasteiger partial charge is 0.310 e. The molecule has 6 nitrogen and oxygen atoms in total. The van der Waals surface area contributed by atoms with Crippen molar-refractivity contribution in [2.75, 3.05) is 11.9 Å². The topological polar surface area (TPSA) is 81.5 Å². The second-order valence-electron chi connectivity index (χ2n) is 4.38. The van der Waals surface area contributed by atoms with Gasteiger partial charge in [-0.25, -0.2) is 0 Å². The number of amides is 1. The number of nitro benzene ring substituents is 1. The molecule has 108 valence electrons. The van der Waals surface area contributed by atoms with Gasteiger partial charge in [0.1, 0.15) is 0 Å². The lowest BCUT2D eigenvalue weighted by atomic mass is 10.2. The summed E-state index contributed by atoms with van der Waals surface area (Å²) in [5.41, 5.74) is 1.45. The van der Waals surface area contributed by atoms with Crippen molar-refractivity contribution in [3.05, 3.63) is 64.2 Å². The summed E-state index contributed by atoms with van der Waals surface area (Å²) in [5, 5.41) is 13.5. The molecule has 0 heterocycles. The zero-order valence-corrected chi connectivity index (χ0v) is 11.4. The molecule has 2 aromatic carbocycles. The summed E-state index contributed by atoms with van der Waals surface area (Å²) in [6.45, 7) is 1.58. The number of hydrogen-bond acceptors (Lipinski definition) is 4. The van der Waals surface area contributed by atoms with Crippen LogP contribution in [0.25, 0.3) is 0 Å². The monoisotopic (exact) mass is 286 g/mol. The molecule has 0 unspecified atom stereocenters. The van der Waals surface area contributed by atoms with Gasteiger partial charge < -0.3 is 10.1 Å². The Balaban J connectivity index is 1.99. The van der Waals surface area contributed by atoms with E-state index in [1.807, 2.05) is 25.1 Å². The van der Waals surface area contributed by atoms with Crippen molar-refractivity contribution in [2.24, 2.45) is 0 Å². The van der Waals surface area contributed by atoms with Crippen molar-refractivity contribution in [1.29, 1.82) is 0 Å². The lowest BCUT2D eigenvalue weighted by Gasteiger charge is -2.09. The summed E-state index contributed by atoms with van der Waals surface area (Å²) in [4.78, 5) is 22.1. The van der Waals surface area contributed by atoms with Gasteiger partial charge in [0.05, 0.1) is 4.92 Å². The van der Waals surface area contributed by atoms with Crippen molar-refractivity contribution in [3.63, 3.8) is 0 Å². The fourth-order valence-electron chi connectivity index (χ4n) is 1.77. The van der Waals surface area contributed by atoms with E-state index in [9.17, 15) is 14.9 Å². The summed E-state index contributed by atoms with van der Waals surface area (Å²) in [6, 6.07) is 13.3. The number of nitrogens with zero attached hydrogens (tertiary/aromatic N) is 1. The maximum absolute atomic E-state index is 11.8. The molecule has 0 saturated carbocycles. The lowest BCUT2D eigenvalue weighted by Crippen LogP contribution is -2.20. The Morgan fingerprint density at radius 1 is 1.19 bits per heavy atom. The van der Waals surface area contributed by atoms with Crippen molar-refractivity contribution < 1.29 is 14.5 Å². The van der Waals surface area contributed by atoms with Crippen molar-refractivity contribution in [2.45, 2.75) is 6.92 Å². The molecule has 21 heavy (non-hydrogen) atoms. The Hall–Kier alpha value is -2.89. The third-order valence-electron chi connectivity index (χ3n) is 2.84. The third kappa shape index (κ3) is 3.79. The summed E-state index contributed by atoms with van der Waals surface area (Å²) >= 11 is 0. The van der Waals surface area contributed by atoms with Crippen LogP contribution < -0.4 is 10.1 Å². The fourth-order valence-corrected chi connectivity index (χ4v) is 1.77. The summed E-state index contributed by atoms with van der Waals surface area (Å²) in [6.07, 6.45) is 0. The first-order valence-corrected chi connectivity index (χ1v) is 6.29. The molecule has 0 bridgehead atoms. The fraction of sp³-hybridized carbons (Fsp3) is 0.133. The zero-order valence-electron chi connectivity index (χ0n) is 11.4. The van der Waals surface area contributed by atoms with E-state index in [-0.39, 0.29) is 24.0 Å². The van der Waals surface area contributed by atoms with E-state index in [0.717, 1.165) is 5.56 Å². The predicted octanol–water partition coefficient (Wildman–Crippen LogP) is 2.92. The molecule has 6 heteroatoms. The molecule has 1 amide bonds. The largest absolute Gasteiger partial charge is 0.477 e. The van der Waals surface area contributed by atoms with E-state index in [4.69, 9.17) is 4.74 Å². The highest BCUT2D eigenvalue weighted by atomic mass is 16.6.